The molecule has 0 aromatic heterocycles. The van der Waals surface area contributed by atoms with Crippen molar-refractivity contribution in [2.75, 3.05) is 19.0 Å². The summed E-state index contributed by atoms with van der Waals surface area (Å²) in [5.41, 5.74) is 0.769. The molecule has 182 valence electrons. The zero-order valence-corrected chi connectivity index (χ0v) is 20.2. The molecule has 0 saturated heterocycles. The lowest BCUT2D eigenvalue weighted by molar-refractivity contribution is -0.119. The maximum atomic E-state index is 13.0. The standard InChI is InChI=1S/C27H33NO6/c1-17(2)21-14-9-18(3)15-24(21)34-27(31)23-8-6-5-7-22(23)26(30)33-16-25(29)28-19-10-12-20(32-4)13-11-19/h5-8,10-13,17-18,21,24H,9,14-16H2,1-4H3,(H,28,29)/t18-,21+,24+/m0/s1. The largest absolute Gasteiger partial charge is 0.497 e. The number of hydrogen-bond acceptors (Lipinski definition) is 6. The molecule has 34 heavy (non-hydrogen) atoms. The minimum atomic E-state index is -0.755. The van der Waals surface area contributed by atoms with Gasteiger partial charge in [-0.05, 0) is 67.0 Å². The SMILES string of the molecule is COc1ccc(NC(=O)COC(=O)c2ccccc2C(=O)O[C@@H]2C[C@@H](C)CC[C@@H]2C(C)C)cc1. The molecule has 1 N–H and O–H groups in total. The van der Waals surface area contributed by atoms with Crippen LogP contribution in [0.1, 0.15) is 60.7 Å². The number of anilines is 1. The van der Waals surface area contributed by atoms with E-state index in [0.29, 0.717) is 29.2 Å². The van der Waals surface area contributed by atoms with Crippen LogP contribution in [0.5, 0.6) is 5.75 Å². The number of rotatable bonds is 8. The number of ether oxygens (including phenoxy) is 3. The second-order valence-corrected chi connectivity index (χ2v) is 9.17. The number of amides is 1. The molecule has 0 bridgehead atoms. The Balaban J connectivity index is 1.62. The molecule has 7 heteroatoms. The van der Waals surface area contributed by atoms with Crippen LogP contribution in [-0.4, -0.2) is 37.7 Å². The fraction of sp³-hybridized carbons (Fsp3) is 0.444. The molecule has 0 aliphatic heterocycles. The van der Waals surface area contributed by atoms with Gasteiger partial charge in [0.2, 0.25) is 0 Å². The van der Waals surface area contributed by atoms with Gasteiger partial charge in [-0.15, -0.1) is 0 Å². The highest BCUT2D eigenvalue weighted by Gasteiger charge is 2.34. The summed E-state index contributed by atoms with van der Waals surface area (Å²) < 4.78 is 16.2. The first-order valence-electron chi connectivity index (χ1n) is 11.7. The Hall–Kier alpha value is -3.35. The van der Waals surface area contributed by atoms with E-state index in [9.17, 15) is 14.4 Å². The number of carbonyl (C=O) groups is 3. The molecule has 2 aromatic rings. The van der Waals surface area contributed by atoms with Crippen molar-refractivity contribution in [2.24, 2.45) is 17.8 Å². The highest BCUT2D eigenvalue weighted by molar-refractivity contribution is 6.04. The third kappa shape index (κ3) is 6.59. The van der Waals surface area contributed by atoms with Gasteiger partial charge in [-0.1, -0.05) is 39.3 Å². The number of esters is 2. The van der Waals surface area contributed by atoms with Crippen molar-refractivity contribution in [1.82, 2.24) is 0 Å². The molecular formula is C27H33NO6. The van der Waals surface area contributed by atoms with E-state index in [1.54, 1.807) is 49.6 Å². The van der Waals surface area contributed by atoms with Crippen LogP contribution >= 0.6 is 0 Å². The van der Waals surface area contributed by atoms with Crippen molar-refractivity contribution in [3.8, 4) is 5.75 Å². The third-order valence-electron chi connectivity index (χ3n) is 6.29. The van der Waals surface area contributed by atoms with E-state index in [1.807, 2.05) is 0 Å². The van der Waals surface area contributed by atoms with Crippen molar-refractivity contribution < 1.29 is 28.6 Å². The van der Waals surface area contributed by atoms with Crippen molar-refractivity contribution in [3.63, 3.8) is 0 Å². The highest BCUT2D eigenvalue weighted by Crippen LogP contribution is 2.35. The molecule has 3 atom stereocenters. The Morgan fingerprint density at radius 2 is 1.62 bits per heavy atom. The van der Waals surface area contributed by atoms with Gasteiger partial charge in [0.05, 0.1) is 18.2 Å². The van der Waals surface area contributed by atoms with Gasteiger partial charge in [0.25, 0.3) is 5.91 Å². The summed E-state index contributed by atoms with van der Waals surface area (Å²) in [7, 11) is 1.55. The number of hydrogen-bond donors (Lipinski definition) is 1. The maximum Gasteiger partial charge on any atom is 0.339 e. The molecule has 1 fully saturated rings. The molecular weight excluding hydrogens is 434 g/mol. The van der Waals surface area contributed by atoms with Crippen LogP contribution in [-0.2, 0) is 14.3 Å². The molecule has 7 nitrogen and oxygen atoms in total. The van der Waals surface area contributed by atoms with E-state index < -0.39 is 24.5 Å². The molecule has 0 radical (unpaired) electrons. The van der Waals surface area contributed by atoms with Gasteiger partial charge >= 0.3 is 11.9 Å². The molecule has 0 unspecified atom stereocenters. The van der Waals surface area contributed by atoms with E-state index in [1.165, 1.54) is 6.07 Å². The van der Waals surface area contributed by atoms with Gasteiger partial charge in [-0.3, -0.25) is 4.79 Å². The fourth-order valence-corrected chi connectivity index (χ4v) is 4.37. The van der Waals surface area contributed by atoms with Crippen LogP contribution in [0, 0.1) is 17.8 Å². The minimum absolute atomic E-state index is 0.0784. The summed E-state index contributed by atoms with van der Waals surface area (Å²) in [4.78, 5) is 37.9. The van der Waals surface area contributed by atoms with Crippen molar-refractivity contribution >= 4 is 23.5 Å². The Labute approximate surface area is 200 Å². The van der Waals surface area contributed by atoms with Crippen LogP contribution < -0.4 is 10.1 Å². The lowest BCUT2D eigenvalue weighted by atomic mass is 9.75. The zero-order valence-electron chi connectivity index (χ0n) is 20.2. The Morgan fingerprint density at radius 1 is 0.971 bits per heavy atom. The van der Waals surface area contributed by atoms with E-state index in [4.69, 9.17) is 14.2 Å². The second kappa shape index (κ2) is 11.7. The monoisotopic (exact) mass is 467 g/mol. The summed E-state index contributed by atoms with van der Waals surface area (Å²) in [5.74, 6) is 0.0487. The normalized spacial score (nSPS) is 19.9. The fourth-order valence-electron chi connectivity index (χ4n) is 4.37. The minimum Gasteiger partial charge on any atom is -0.497 e. The van der Waals surface area contributed by atoms with E-state index in [2.05, 4.69) is 26.1 Å². The average molecular weight is 468 g/mol. The summed E-state index contributed by atoms with van der Waals surface area (Å²) in [6, 6.07) is 13.1. The third-order valence-corrected chi connectivity index (χ3v) is 6.29. The molecule has 1 aliphatic carbocycles. The quantitative estimate of drug-likeness (QED) is 0.543. The Bertz CT molecular complexity index is 1000. The van der Waals surface area contributed by atoms with Crippen LogP contribution in [0.25, 0.3) is 0 Å². The Morgan fingerprint density at radius 3 is 2.24 bits per heavy atom. The smallest absolute Gasteiger partial charge is 0.339 e. The molecule has 3 rings (SSSR count). The van der Waals surface area contributed by atoms with Gasteiger partial charge in [0.15, 0.2) is 6.61 Å². The summed E-state index contributed by atoms with van der Waals surface area (Å²) >= 11 is 0. The highest BCUT2D eigenvalue weighted by atomic mass is 16.5. The van der Waals surface area contributed by atoms with Gasteiger partial charge < -0.3 is 19.5 Å². The van der Waals surface area contributed by atoms with E-state index in [0.717, 1.165) is 19.3 Å². The number of methoxy groups -OCH3 is 1. The maximum absolute atomic E-state index is 13.0. The van der Waals surface area contributed by atoms with Crippen molar-refractivity contribution in [3.05, 3.63) is 59.7 Å². The van der Waals surface area contributed by atoms with Gasteiger partial charge in [-0.25, -0.2) is 9.59 Å². The summed E-state index contributed by atoms with van der Waals surface area (Å²) in [5, 5.41) is 2.65. The van der Waals surface area contributed by atoms with Gasteiger partial charge in [0, 0.05) is 5.69 Å². The molecule has 1 amide bonds. The van der Waals surface area contributed by atoms with E-state index in [-0.39, 0.29) is 17.2 Å². The summed E-state index contributed by atoms with van der Waals surface area (Å²) in [6.07, 6.45) is 2.77. The lowest BCUT2D eigenvalue weighted by Crippen LogP contribution is -2.36. The van der Waals surface area contributed by atoms with Crippen LogP contribution in [0.15, 0.2) is 48.5 Å². The Kier molecular flexibility index (Phi) is 8.68. The van der Waals surface area contributed by atoms with Crippen molar-refractivity contribution in [1.29, 1.82) is 0 Å². The molecule has 0 spiro atoms. The van der Waals surface area contributed by atoms with Gasteiger partial charge in [-0.2, -0.15) is 0 Å². The predicted molar refractivity (Wildman–Crippen MR) is 129 cm³/mol. The molecule has 0 heterocycles. The number of benzene rings is 2. The van der Waals surface area contributed by atoms with Crippen LogP contribution in [0.4, 0.5) is 5.69 Å². The first-order valence-corrected chi connectivity index (χ1v) is 11.7. The van der Waals surface area contributed by atoms with Crippen LogP contribution in [0.3, 0.4) is 0 Å². The topological polar surface area (TPSA) is 90.9 Å². The lowest BCUT2D eigenvalue weighted by Gasteiger charge is -2.36. The number of carbonyl (C=O) groups excluding carboxylic acids is 3. The molecule has 2 aromatic carbocycles. The van der Waals surface area contributed by atoms with Crippen LogP contribution in [0.2, 0.25) is 0 Å². The molecule has 1 aliphatic rings. The first kappa shape index (κ1) is 25.3. The second-order valence-electron chi connectivity index (χ2n) is 9.17. The summed E-state index contributed by atoms with van der Waals surface area (Å²) in [6.45, 7) is 5.97. The zero-order chi connectivity index (χ0) is 24.7. The first-order chi connectivity index (χ1) is 16.3. The number of nitrogens with one attached hydrogen (secondary N) is 1. The molecule has 1 saturated carbocycles. The predicted octanol–water partition coefficient (Wildman–Crippen LogP) is 5.11. The van der Waals surface area contributed by atoms with E-state index >= 15 is 0 Å². The average Bonchev–Trinajstić information content (AvgIpc) is 2.83. The van der Waals surface area contributed by atoms with Gasteiger partial charge in [0.1, 0.15) is 11.9 Å². The van der Waals surface area contributed by atoms with Crippen molar-refractivity contribution in [2.45, 2.75) is 46.1 Å².